The lowest BCUT2D eigenvalue weighted by Gasteiger charge is -2.13. The molecule has 0 fully saturated rings. The van der Waals surface area contributed by atoms with Crippen LogP contribution in [0.3, 0.4) is 0 Å². The van der Waals surface area contributed by atoms with Crippen molar-refractivity contribution in [2.24, 2.45) is 0 Å². The predicted molar refractivity (Wildman–Crippen MR) is 56.6 cm³/mol. The van der Waals surface area contributed by atoms with Crippen LogP contribution in [-0.4, -0.2) is 17.9 Å². The molecule has 0 atom stereocenters. The van der Waals surface area contributed by atoms with Gasteiger partial charge in [-0.3, -0.25) is 9.59 Å². The first-order valence-electron chi connectivity index (χ1n) is 4.57. The first-order chi connectivity index (χ1) is 7.81. The molecule has 2 nitrogen and oxygen atoms in total. The number of alkyl halides is 4. The van der Waals surface area contributed by atoms with Gasteiger partial charge in [-0.05, 0) is 24.6 Å². The molecule has 0 aliphatic heterocycles. The first-order valence-corrected chi connectivity index (χ1v) is 5.11. The van der Waals surface area contributed by atoms with Crippen molar-refractivity contribution in [1.29, 1.82) is 0 Å². The molecule has 0 heterocycles. The normalized spacial score (nSPS) is 11.4. The van der Waals surface area contributed by atoms with Gasteiger partial charge in [0.2, 0.25) is 0 Å². The third kappa shape index (κ3) is 2.85. The number of halogens is 4. The highest BCUT2D eigenvalue weighted by Crippen LogP contribution is 2.33. The van der Waals surface area contributed by atoms with Crippen molar-refractivity contribution in [3.63, 3.8) is 0 Å². The molecule has 0 saturated carbocycles. The fourth-order valence-corrected chi connectivity index (χ4v) is 1.61. The smallest absolute Gasteiger partial charge is 0.298 e. The number of Topliss-reactive ketones (excluding diaryl/α,β-unsaturated/α-hetero) is 1. The van der Waals surface area contributed by atoms with Gasteiger partial charge in [0.25, 0.3) is 0 Å². The van der Waals surface area contributed by atoms with Gasteiger partial charge < -0.3 is 0 Å². The van der Waals surface area contributed by atoms with Crippen LogP contribution in [0.5, 0.6) is 0 Å². The minimum Gasteiger partial charge on any atom is -0.298 e. The van der Waals surface area contributed by atoms with E-state index in [0.29, 0.717) is 0 Å². The van der Waals surface area contributed by atoms with E-state index in [1.54, 1.807) is 0 Å². The monoisotopic (exact) mass is 264 g/mol. The molecule has 1 aromatic carbocycles. The average Bonchev–Trinajstić information content (AvgIpc) is 2.25. The Kier molecular flexibility index (Phi) is 3.93. The van der Waals surface area contributed by atoms with E-state index in [9.17, 15) is 22.8 Å². The fraction of sp³-hybridized carbons (Fsp3) is 0.273. The standard InChI is InChI=1S/C11H8ClF3O2/c1-6-2-7(10(17)4-12)8(5-16)9(3-6)11(13,14)15/h2-3,5H,4H2,1H3. The van der Waals surface area contributed by atoms with Crippen LogP contribution < -0.4 is 0 Å². The maximum absolute atomic E-state index is 12.7. The van der Waals surface area contributed by atoms with Crippen molar-refractivity contribution in [3.8, 4) is 0 Å². The summed E-state index contributed by atoms with van der Waals surface area (Å²) in [5.74, 6) is -1.18. The summed E-state index contributed by atoms with van der Waals surface area (Å²) in [6.45, 7) is 1.41. The summed E-state index contributed by atoms with van der Waals surface area (Å²) in [5.41, 5.74) is -1.81. The second-order valence-electron chi connectivity index (χ2n) is 3.45. The SMILES string of the molecule is Cc1cc(C(=O)CCl)c(C=O)c(C(F)(F)F)c1. The van der Waals surface area contributed by atoms with Crippen LogP contribution >= 0.6 is 11.6 Å². The van der Waals surface area contributed by atoms with Gasteiger partial charge >= 0.3 is 6.18 Å². The quantitative estimate of drug-likeness (QED) is 0.477. The van der Waals surface area contributed by atoms with Gasteiger partial charge in [0.15, 0.2) is 12.1 Å². The summed E-state index contributed by atoms with van der Waals surface area (Å²) in [5, 5.41) is 0. The maximum Gasteiger partial charge on any atom is 0.417 e. The molecule has 0 bridgehead atoms. The van der Waals surface area contributed by atoms with Gasteiger partial charge in [-0.1, -0.05) is 0 Å². The number of benzene rings is 1. The van der Waals surface area contributed by atoms with E-state index in [1.807, 2.05) is 0 Å². The summed E-state index contributed by atoms with van der Waals surface area (Å²) in [4.78, 5) is 22.1. The van der Waals surface area contributed by atoms with Gasteiger partial charge in [0.1, 0.15) is 0 Å². The number of hydrogen-bond acceptors (Lipinski definition) is 2. The summed E-state index contributed by atoms with van der Waals surface area (Å²) >= 11 is 5.29. The third-order valence-electron chi connectivity index (χ3n) is 2.17. The zero-order chi connectivity index (χ0) is 13.2. The second-order valence-corrected chi connectivity index (χ2v) is 3.71. The molecule has 0 unspecified atom stereocenters. The van der Waals surface area contributed by atoms with Gasteiger partial charge in [-0.25, -0.2) is 0 Å². The molecule has 0 amide bonds. The molecule has 1 rings (SSSR count). The molecule has 0 saturated heterocycles. The molecule has 0 aliphatic carbocycles. The van der Waals surface area contributed by atoms with Gasteiger partial charge in [-0.2, -0.15) is 13.2 Å². The Labute approximate surface area is 100 Å². The van der Waals surface area contributed by atoms with Crippen LogP contribution in [0.1, 0.15) is 31.8 Å². The summed E-state index contributed by atoms with van der Waals surface area (Å²) in [6.07, 6.45) is -4.65. The number of aldehydes is 1. The molecule has 17 heavy (non-hydrogen) atoms. The zero-order valence-corrected chi connectivity index (χ0v) is 9.52. The molecular weight excluding hydrogens is 257 g/mol. The lowest BCUT2D eigenvalue weighted by Crippen LogP contribution is -2.15. The number of carbonyl (C=O) groups excluding carboxylic acids is 2. The molecular formula is C11H8ClF3O2. The van der Waals surface area contributed by atoms with Gasteiger partial charge in [-0.15, -0.1) is 11.6 Å². The van der Waals surface area contributed by atoms with Crippen molar-refractivity contribution >= 4 is 23.7 Å². The van der Waals surface area contributed by atoms with Crippen molar-refractivity contribution in [1.82, 2.24) is 0 Å². The Morgan fingerprint density at radius 1 is 1.41 bits per heavy atom. The molecule has 6 heteroatoms. The number of ketones is 1. The van der Waals surface area contributed by atoms with E-state index in [1.165, 1.54) is 13.0 Å². The van der Waals surface area contributed by atoms with Gasteiger partial charge in [0, 0.05) is 11.1 Å². The van der Waals surface area contributed by atoms with Crippen LogP contribution in [0.4, 0.5) is 13.2 Å². The van der Waals surface area contributed by atoms with E-state index in [2.05, 4.69) is 0 Å². The molecule has 0 radical (unpaired) electrons. The van der Waals surface area contributed by atoms with Crippen LogP contribution in [-0.2, 0) is 6.18 Å². The van der Waals surface area contributed by atoms with Crippen molar-refractivity contribution < 1.29 is 22.8 Å². The lowest BCUT2D eigenvalue weighted by atomic mass is 9.96. The number of carbonyl (C=O) groups is 2. The average molecular weight is 265 g/mol. The van der Waals surface area contributed by atoms with Crippen LogP contribution in [0.2, 0.25) is 0 Å². The largest absolute Gasteiger partial charge is 0.417 e. The third-order valence-corrected chi connectivity index (χ3v) is 2.41. The van der Waals surface area contributed by atoms with Gasteiger partial charge in [0.05, 0.1) is 11.4 Å². The first kappa shape index (κ1) is 13.7. The number of rotatable bonds is 3. The highest BCUT2D eigenvalue weighted by atomic mass is 35.5. The second kappa shape index (κ2) is 4.87. The molecule has 92 valence electrons. The molecule has 0 N–H and O–H groups in total. The molecule has 0 aromatic heterocycles. The Balaban J connectivity index is 3.57. The minimum absolute atomic E-state index is 0.0298. The molecule has 0 aliphatic rings. The topological polar surface area (TPSA) is 34.1 Å². The Hall–Kier alpha value is -1.36. The molecule has 0 spiro atoms. The number of hydrogen-bond donors (Lipinski definition) is 0. The predicted octanol–water partition coefficient (Wildman–Crippen LogP) is 3.25. The Morgan fingerprint density at radius 2 is 2.00 bits per heavy atom. The molecule has 1 aromatic rings. The van der Waals surface area contributed by atoms with E-state index in [4.69, 9.17) is 11.6 Å². The highest BCUT2D eigenvalue weighted by molar-refractivity contribution is 6.31. The van der Waals surface area contributed by atoms with Crippen LogP contribution in [0.25, 0.3) is 0 Å². The van der Waals surface area contributed by atoms with E-state index in [0.717, 1.165) is 6.07 Å². The van der Waals surface area contributed by atoms with Crippen molar-refractivity contribution in [2.45, 2.75) is 13.1 Å². The minimum atomic E-state index is -4.68. The summed E-state index contributed by atoms with van der Waals surface area (Å²) in [6, 6.07) is 2.05. The summed E-state index contributed by atoms with van der Waals surface area (Å²) < 4.78 is 38.0. The Bertz CT molecular complexity index is 467. The fourth-order valence-electron chi connectivity index (χ4n) is 1.46. The van der Waals surface area contributed by atoms with Crippen molar-refractivity contribution in [2.75, 3.05) is 5.88 Å². The summed E-state index contributed by atoms with van der Waals surface area (Å²) in [7, 11) is 0. The van der Waals surface area contributed by atoms with E-state index >= 15 is 0 Å². The van der Waals surface area contributed by atoms with E-state index < -0.39 is 29.0 Å². The zero-order valence-electron chi connectivity index (χ0n) is 8.77. The lowest BCUT2D eigenvalue weighted by molar-refractivity contribution is -0.137. The van der Waals surface area contributed by atoms with E-state index in [-0.39, 0.29) is 17.4 Å². The number of aryl methyl sites for hydroxylation is 1. The van der Waals surface area contributed by atoms with Crippen molar-refractivity contribution in [3.05, 3.63) is 34.4 Å². The van der Waals surface area contributed by atoms with Crippen LogP contribution in [0, 0.1) is 6.92 Å². The highest BCUT2D eigenvalue weighted by Gasteiger charge is 2.35. The van der Waals surface area contributed by atoms with Crippen LogP contribution in [0.15, 0.2) is 12.1 Å². The Morgan fingerprint density at radius 3 is 2.41 bits per heavy atom. The maximum atomic E-state index is 12.7.